The molecule has 0 saturated carbocycles. The lowest BCUT2D eigenvalue weighted by Gasteiger charge is -2.24. The number of hydrogen-bond donors (Lipinski definition) is 3. The Kier molecular flexibility index (Phi) is 12.8. The number of ether oxygens (including phenoxy) is 3. The Hall–Kier alpha value is -3.63. The first kappa shape index (κ1) is 33.9. The Labute approximate surface area is 253 Å². The quantitative estimate of drug-likeness (QED) is 0.135. The van der Waals surface area contributed by atoms with Crippen LogP contribution in [0.5, 0.6) is 5.75 Å². The number of amides is 1. The van der Waals surface area contributed by atoms with E-state index >= 15 is 0 Å². The molecule has 1 amide bonds. The van der Waals surface area contributed by atoms with Gasteiger partial charge in [0.25, 0.3) is 0 Å². The minimum Gasteiger partial charge on any atom is -0.497 e. The maximum Gasteiger partial charge on any atom is 0.245 e. The fourth-order valence-corrected chi connectivity index (χ4v) is 4.95. The van der Waals surface area contributed by atoms with Crippen LogP contribution >= 0.6 is 0 Å². The summed E-state index contributed by atoms with van der Waals surface area (Å²) in [4.78, 5) is 17.1. The largest absolute Gasteiger partial charge is 0.497 e. The molecular formula is C34H43FN2O6. The van der Waals surface area contributed by atoms with E-state index < -0.39 is 18.1 Å². The maximum absolute atomic E-state index is 13.9. The van der Waals surface area contributed by atoms with Crippen molar-refractivity contribution < 1.29 is 33.7 Å². The van der Waals surface area contributed by atoms with E-state index in [-0.39, 0.29) is 37.1 Å². The molecule has 1 heterocycles. The summed E-state index contributed by atoms with van der Waals surface area (Å²) >= 11 is 0. The zero-order valence-corrected chi connectivity index (χ0v) is 25.8. The average Bonchev–Trinajstić information content (AvgIpc) is 2.99. The van der Waals surface area contributed by atoms with Crippen LogP contribution < -0.4 is 10.2 Å². The smallest absolute Gasteiger partial charge is 0.245 e. The molecule has 9 heteroatoms. The second-order valence-corrected chi connectivity index (χ2v) is 11.1. The summed E-state index contributed by atoms with van der Waals surface area (Å²) in [7, 11) is 3.21. The van der Waals surface area contributed by atoms with Gasteiger partial charge in [-0.2, -0.15) is 0 Å². The molecule has 2 aromatic carbocycles. The molecule has 0 radical (unpaired) electrons. The number of aromatic nitrogens is 1. The molecule has 0 aliphatic rings. The fourth-order valence-electron chi connectivity index (χ4n) is 4.95. The second-order valence-electron chi connectivity index (χ2n) is 11.1. The van der Waals surface area contributed by atoms with E-state index in [1.165, 1.54) is 12.1 Å². The minimum atomic E-state index is -0.982. The molecule has 2 atom stereocenters. The zero-order valence-electron chi connectivity index (χ0n) is 25.8. The highest BCUT2D eigenvalue weighted by molar-refractivity contribution is 5.80. The van der Waals surface area contributed by atoms with Gasteiger partial charge in [-0.1, -0.05) is 64.1 Å². The highest BCUT2D eigenvalue weighted by atomic mass is 19.1. The lowest BCUT2D eigenvalue weighted by atomic mass is 9.87. The standard InChI is InChI=1S/C34H43FN2O6/c1-21(2)33-29(32(24-9-11-25(35)12-10-24)30(20-41-5)34(36-33)22(3)4)16-13-26(38)17-28(18-31(39)37-40)43-19-23-7-14-27(42-6)15-8-23/h7-16,21-22,26,28,38,40H,17-20H2,1-6H3,(H,37,39). The Morgan fingerprint density at radius 3 is 2.19 bits per heavy atom. The molecular weight excluding hydrogens is 551 g/mol. The van der Waals surface area contributed by atoms with Crippen molar-refractivity contribution in [1.29, 1.82) is 0 Å². The molecule has 43 heavy (non-hydrogen) atoms. The molecule has 3 aromatic rings. The van der Waals surface area contributed by atoms with Crippen LogP contribution in [0.1, 0.15) is 80.5 Å². The Morgan fingerprint density at radius 1 is 0.977 bits per heavy atom. The van der Waals surface area contributed by atoms with Gasteiger partial charge in [0.05, 0.1) is 44.6 Å². The van der Waals surface area contributed by atoms with Crippen molar-refractivity contribution in [3.8, 4) is 16.9 Å². The third kappa shape index (κ3) is 9.43. The zero-order chi connectivity index (χ0) is 31.5. The number of hydroxylamine groups is 1. The summed E-state index contributed by atoms with van der Waals surface area (Å²) in [5.74, 6) is -0.0646. The molecule has 0 bridgehead atoms. The lowest BCUT2D eigenvalue weighted by molar-refractivity contribution is -0.133. The van der Waals surface area contributed by atoms with Crippen molar-refractivity contribution in [3.63, 3.8) is 0 Å². The van der Waals surface area contributed by atoms with Gasteiger partial charge in [-0.25, -0.2) is 9.87 Å². The number of nitrogens with zero attached hydrogens (tertiary/aromatic N) is 1. The van der Waals surface area contributed by atoms with Crippen molar-refractivity contribution in [3.05, 3.63) is 88.5 Å². The molecule has 2 unspecified atom stereocenters. The highest BCUT2D eigenvalue weighted by Gasteiger charge is 2.24. The van der Waals surface area contributed by atoms with Gasteiger partial charge < -0.3 is 19.3 Å². The van der Waals surface area contributed by atoms with Crippen molar-refractivity contribution in [2.24, 2.45) is 0 Å². The minimum absolute atomic E-state index is 0.0546. The topological polar surface area (TPSA) is 110 Å². The van der Waals surface area contributed by atoms with Gasteiger partial charge in [-0.3, -0.25) is 15.0 Å². The third-order valence-corrected chi connectivity index (χ3v) is 7.08. The van der Waals surface area contributed by atoms with E-state index in [0.29, 0.717) is 12.4 Å². The molecule has 0 saturated heterocycles. The first-order valence-electron chi connectivity index (χ1n) is 14.4. The molecule has 0 aliphatic heterocycles. The molecule has 1 aromatic heterocycles. The third-order valence-electron chi connectivity index (χ3n) is 7.08. The lowest BCUT2D eigenvalue weighted by Crippen LogP contribution is -2.28. The van der Waals surface area contributed by atoms with Gasteiger partial charge in [-0.05, 0) is 52.8 Å². The summed E-state index contributed by atoms with van der Waals surface area (Å²) in [5, 5.41) is 20.2. The monoisotopic (exact) mass is 594 g/mol. The average molecular weight is 595 g/mol. The summed E-state index contributed by atoms with van der Waals surface area (Å²) in [6.07, 6.45) is 1.79. The van der Waals surface area contributed by atoms with Crippen LogP contribution in [0.3, 0.4) is 0 Å². The van der Waals surface area contributed by atoms with Crippen LogP contribution in [0.2, 0.25) is 0 Å². The van der Waals surface area contributed by atoms with Gasteiger partial charge >= 0.3 is 0 Å². The highest BCUT2D eigenvalue weighted by Crippen LogP contribution is 2.38. The first-order valence-corrected chi connectivity index (χ1v) is 14.4. The van der Waals surface area contributed by atoms with Gasteiger partial charge in [-0.15, -0.1) is 0 Å². The number of halogens is 1. The van der Waals surface area contributed by atoms with E-state index in [0.717, 1.165) is 39.2 Å². The number of aliphatic hydroxyl groups excluding tert-OH is 1. The molecule has 232 valence electrons. The Morgan fingerprint density at radius 2 is 1.63 bits per heavy atom. The number of carbonyl (C=O) groups excluding carboxylic acids is 1. The summed E-state index contributed by atoms with van der Waals surface area (Å²) in [6.45, 7) is 8.79. The maximum atomic E-state index is 13.9. The van der Waals surface area contributed by atoms with E-state index in [4.69, 9.17) is 24.4 Å². The molecule has 0 fully saturated rings. The number of benzene rings is 2. The second kappa shape index (κ2) is 16.3. The summed E-state index contributed by atoms with van der Waals surface area (Å²) in [5.41, 5.74) is 7.66. The Bertz CT molecular complexity index is 1360. The van der Waals surface area contributed by atoms with Crippen molar-refractivity contribution in [1.82, 2.24) is 10.5 Å². The molecule has 3 rings (SSSR count). The molecule has 0 spiro atoms. The predicted octanol–water partition coefficient (Wildman–Crippen LogP) is 6.53. The summed E-state index contributed by atoms with van der Waals surface area (Å²) in [6, 6.07) is 13.7. The molecule has 8 nitrogen and oxygen atoms in total. The van der Waals surface area contributed by atoms with Crippen molar-refractivity contribution in [2.75, 3.05) is 14.2 Å². The van der Waals surface area contributed by atoms with Crippen LogP contribution in [-0.4, -0.2) is 47.6 Å². The van der Waals surface area contributed by atoms with Crippen LogP contribution in [0, 0.1) is 5.82 Å². The molecule has 0 aliphatic carbocycles. The van der Waals surface area contributed by atoms with E-state index in [1.807, 2.05) is 30.3 Å². The number of methoxy groups -OCH3 is 2. The number of aliphatic hydroxyl groups is 1. The summed E-state index contributed by atoms with van der Waals surface area (Å²) < 4.78 is 30.7. The number of pyridine rings is 1. The fraction of sp³-hybridized carbons (Fsp3) is 0.412. The Balaban J connectivity index is 1.98. The first-order chi connectivity index (χ1) is 20.6. The van der Waals surface area contributed by atoms with E-state index in [9.17, 15) is 14.3 Å². The van der Waals surface area contributed by atoms with E-state index in [2.05, 4.69) is 27.7 Å². The van der Waals surface area contributed by atoms with Crippen LogP contribution in [-0.2, 0) is 27.5 Å². The SMILES string of the molecule is COCc1c(C(C)C)nc(C(C)C)c(C=CC(O)CC(CC(=O)NO)OCc2ccc(OC)cc2)c1-c1ccc(F)cc1. The van der Waals surface area contributed by atoms with Gasteiger partial charge in [0.1, 0.15) is 11.6 Å². The normalized spacial score (nSPS) is 13.1. The van der Waals surface area contributed by atoms with Gasteiger partial charge in [0.15, 0.2) is 0 Å². The van der Waals surface area contributed by atoms with Crippen LogP contribution in [0.15, 0.2) is 54.6 Å². The van der Waals surface area contributed by atoms with Crippen LogP contribution in [0.25, 0.3) is 17.2 Å². The van der Waals surface area contributed by atoms with Crippen LogP contribution in [0.4, 0.5) is 4.39 Å². The van der Waals surface area contributed by atoms with Gasteiger partial charge in [0, 0.05) is 30.4 Å². The predicted molar refractivity (Wildman–Crippen MR) is 164 cm³/mol. The van der Waals surface area contributed by atoms with Gasteiger partial charge in [0.2, 0.25) is 5.91 Å². The number of hydrogen-bond acceptors (Lipinski definition) is 7. The van der Waals surface area contributed by atoms with Crippen molar-refractivity contribution in [2.45, 2.75) is 77.8 Å². The number of carbonyl (C=O) groups is 1. The van der Waals surface area contributed by atoms with E-state index in [1.54, 1.807) is 37.9 Å². The molecule has 3 N–H and O–H groups in total. The number of nitrogens with one attached hydrogen (secondary N) is 1. The van der Waals surface area contributed by atoms with Crippen molar-refractivity contribution >= 4 is 12.0 Å². The number of rotatable bonds is 15.